The summed E-state index contributed by atoms with van der Waals surface area (Å²) in [6, 6.07) is 6.15. The fraction of sp³-hybridized carbons (Fsp3) is 0.467. The third kappa shape index (κ3) is 3.34. The first-order valence-corrected chi connectivity index (χ1v) is 6.90. The number of amides is 1. The lowest BCUT2D eigenvalue weighted by Crippen LogP contribution is -2.25. The normalized spacial score (nSPS) is 10.8. The summed E-state index contributed by atoms with van der Waals surface area (Å²) < 4.78 is 1.92. The number of nitrogens with one attached hydrogen (secondary N) is 1. The second kappa shape index (κ2) is 6.36. The van der Waals surface area contributed by atoms with E-state index in [0.29, 0.717) is 13.0 Å². The molecule has 2 rings (SSSR count). The molecule has 0 atom stereocenters. The fourth-order valence-corrected chi connectivity index (χ4v) is 2.20. The lowest BCUT2D eigenvalue weighted by molar-refractivity contribution is -0.121. The number of hydrogen-bond acceptors (Lipinski definition) is 2. The van der Waals surface area contributed by atoms with Crippen LogP contribution in [0.1, 0.15) is 31.7 Å². The summed E-state index contributed by atoms with van der Waals surface area (Å²) in [6.45, 7) is 5.59. The molecule has 1 amide bonds. The van der Waals surface area contributed by atoms with Crippen LogP contribution >= 0.6 is 0 Å². The van der Waals surface area contributed by atoms with Crippen molar-refractivity contribution in [1.82, 2.24) is 15.1 Å². The van der Waals surface area contributed by atoms with Crippen LogP contribution in [0.15, 0.2) is 24.4 Å². The SMILES string of the molecule is CCCCNC(=O)CCn1ncc2cccc(C)c21. The van der Waals surface area contributed by atoms with Gasteiger partial charge in [-0.15, -0.1) is 0 Å². The average Bonchev–Trinajstić information content (AvgIpc) is 2.81. The van der Waals surface area contributed by atoms with E-state index in [1.165, 1.54) is 5.56 Å². The Morgan fingerprint density at radius 3 is 3.05 bits per heavy atom. The predicted octanol–water partition coefficient (Wildman–Crippen LogP) is 2.65. The molecule has 0 saturated heterocycles. The molecule has 19 heavy (non-hydrogen) atoms. The summed E-state index contributed by atoms with van der Waals surface area (Å²) in [5.41, 5.74) is 2.32. The van der Waals surface area contributed by atoms with E-state index in [0.717, 1.165) is 30.3 Å². The van der Waals surface area contributed by atoms with Gasteiger partial charge in [0.25, 0.3) is 0 Å². The Balaban J connectivity index is 1.96. The summed E-state index contributed by atoms with van der Waals surface area (Å²) in [6.07, 6.45) is 4.48. The molecule has 0 aliphatic carbocycles. The molecule has 2 aromatic rings. The molecule has 0 saturated carbocycles. The van der Waals surface area contributed by atoms with Crippen molar-refractivity contribution in [3.8, 4) is 0 Å². The van der Waals surface area contributed by atoms with E-state index in [4.69, 9.17) is 0 Å². The zero-order valence-corrected chi connectivity index (χ0v) is 11.6. The number of unbranched alkanes of at least 4 members (excludes halogenated alkanes) is 1. The van der Waals surface area contributed by atoms with E-state index in [9.17, 15) is 4.79 Å². The van der Waals surface area contributed by atoms with E-state index < -0.39 is 0 Å². The first kappa shape index (κ1) is 13.6. The number of aryl methyl sites for hydroxylation is 2. The number of nitrogens with zero attached hydrogens (tertiary/aromatic N) is 2. The second-order valence-electron chi connectivity index (χ2n) is 4.83. The van der Waals surface area contributed by atoms with Crippen molar-refractivity contribution >= 4 is 16.8 Å². The number of hydrogen-bond donors (Lipinski definition) is 1. The average molecular weight is 259 g/mol. The predicted molar refractivity (Wildman–Crippen MR) is 77.0 cm³/mol. The molecule has 0 spiro atoms. The Kier molecular flexibility index (Phi) is 4.55. The van der Waals surface area contributed by atoms with Crippen molar-refractivity contribution in [1.29, 1.82) is 0 Å². The molecule has 0 radical (unpaired) electrons. The molecule has 1 aromatic carbocycles. The summed E-state index contributed by atoms with van der Waals surface area (Å²) in [4.78, 5) is 11.7. The van der Waals surface area contributed by atoms with Gasteiger partial charge in [-0.05, 0) is 18.9 Å². The van der Waals surface area contributed by atoms with E-state index >= 15 is 0 Å². The lowest BCUT2D eigenvalue weighted by Gasteiger charge is -2.06. The van der Waals surface area contributed by atoms with E-state index in [1.807, 2.05) is 23.0 Å². The van der Waals surface area contributed by atoms with Crippen LogP contribution in [0.2, 0.25) is 0 Å². The molecule has 0 aliphatic heterocycles. The zero-order chi connectivity index (χ0) is 13.7. The minimum absolute atomic E-state index is 0.102. The van der Waals surface area contributed by atoms with Crippen LogP contribution in [0.4, 0.5) is 0 Å². The van der Waals surface area contributed by atoms with Crippen molar-refractivity contribution in [3.05, 3.63) is 30.0 Å². The first-order valence-electron chi connectivity index (χ1n) is 6.90. The van der Waals surface area contributed by atoms with Gasteiger partial charge < -0.3 is 5.32 Å². The van der Waals surface area contributed by atoms with Crippen LogP contribution in [-0.4, -0.2) is 22.2 Å². The monoisotopic (exact) mass is 259 g/mol. The molecule has 102 valence electrons. The largest absolute Gasteiger partial charge is 0.356 e. The Morgan fingerprint density at radius 1 is 1.42 bits per heavy atom. The third-order valence-electron chi connectivity index (χ3n) is 3.27. The highest BCUT2D eigenvalue weighted by molar-refractivity contribution is 5.82. The zero-order valence-electron chi connectivity index (χ0n) is 11.6. The summed E-state index contributed by atoms with van der Waals surface area (Å²) in [7, 11) is 0. The van der Waals surface area contributed by atoms with Crippen LogP contribution in [0.3, 0.4) is 0 Å². The summed E-state index contributed by atoms with van der Waals surface area (Å²) >= 11 is 0. The number of carbonyl (C=O) groups is 1. The second-order valence-corrected chi connectivity index (χ2v) is 4.83. The number of para-hydroxylation sites is 1. The maximum atomic E-state index is 11.7. The van der Waals surface area contributed by atoms with Crippen LogP contribution in [0, 0.1) is 6.92 Å². The van der Waals surface area contributed by atoms with Crippen LogP contribution < -0.4 is 5.32 Å². The topological polar surface area (TPSA) is 46.9 Å². The molecule has 1 N–H and O–H groups in total. The standard InChI is InChI=1S/C15H21N3O/c1-3-4-9-16-14(19)8-10-18-15-12(2)6-5-7-13(15)11-17-18/h5-7,11H,3-4,8-10H2,1-2H3,(H,16,19). The molecule has 4 heteroatoms. The van der Waals surface area contributed by atoms with Gasteiger partial charge in [0.05, 0.1) is 18.3 Å². The number of rotatable bonds is 6. The van der Waals surface area contributed by atoms with Crippen LogP contribution in [0.5, 0.6) is 0 Å². The number of benzene rings is 1. The highest BCUT2D eigenvalue weighted by Crippen LogP contribution is 2.17. The smallest absolute Gasteiger partial charge is 0.221 e. The third-order valence-corrected chi connectivity index (χ3v) is 3.27. The summed E-state index contributed by atoms with van der Waals surface area (Å²) in [5, 5.41) is 8.42. The van der Waals surface area contributed by atoms with Crippen molar-refractivity contribution < 1.29 is 4.79 Å². The highest BCUT2D eigenvalue weighted by Gasteiger charge is 2.07. The maximum absolute atomic E-state index is 11.7. The molecule has 0 bridgehead atoms. The summed E-state index contributed by atoms with van der Waals surface area (Å²) in [5.74, 6) is 0.102. The molecule has 0 fully saturated rings. The molecule has 4 nitrogen and oxygen atoms in total. The van der Waals surface area contributed by atoms with Gasteiger partial charge >= 0.3 is 0 Å². The van der Waals surface area contributed by atoms with Gasteiger partial charge in [0.15, 0.2) is 0 Å². The fourth-order valence-electron chi connectivity index (χ4n) is 2.20. The van der Waals surface area contributed by atoms with Gasteiger partial charge in [-0.25, -0.2) is 0 Å². The van der Waals surface area contributed by atoms with Crippen LogP contribution in [-0.2, 0) is 11.3 Å². The van der Waals surface area contributed by atoms with E-state index in [1.54, 1.807) is 0 Å². The molecule has 1 aromatic heterocycles. The molecule has 0 aliphatic rings. The minimum Gasteiger partial charge on any atom is -0.356 e. The van der Waals surface area contributed by atoms with Gasteiger partial charge in [-0.1, -0.05) is 31.5 Å². The molecule has 1 heterocycles. The molecular formula is C15H21N3O. The van der Waals surface area contributed by atoms with Gasteiger partial charge in [0, 0.05) is 18.4 Å². The van der Waals surface area contributed by atoms with Crippen molar-refractivity contribution in [2.75, 3.05) is 6.54 Å². The highest BCUT2D eigenvalue weighted by atomic mass is 16.1. The first-order chi connectivity index (χ1) is 9.22. The molecular weight excluding hydrogens is 238 g/mol. The number of fused-ring (bicyclic) bond motifs is 1. The van der Waals surface area contributed by atoms with E-state index in [-0.39, 0.29) is 5.91 Å². The van der Waals surface area contributed by atoms with Gasteiger partial charge in [-0.2, -0.15) is 5.10 Å². The van der Waals surface area contributed by atoms with Gasteiger partial charge in [0.2, 0.25) is 5.91 Å². The van der Waals surface area contributed by atoms with Gasteiger partial charge in [0.1, 0.15) is 0 Å². The number of aromatic nitrogens is 2. The van der Waals surface area contributed by atoms with Crippen molar-refractivity contribution in [2.24, 2.45) is 0 Å². The Bertz CT molecular complexity index is 560. The Labute approximate surface area is 113 Å². The van der Waals surface area contributed by atoms with Crippen molar-refractivity contribution in [2.45, 2.75) is 39.7 Å². The molecule has 0 unspecified atom stereocenters. The minimum atomic E-state index is 0.102. The van der Waals surface area contributed by atoms with Crippen LogP contribution in [0.25, 0.3) is 10.9 Å². The lowest BCUT2D eigenvalue weighted by atomic mass is 10.2. The van der Waals surface area contributed by atoms with Crippen molar-refractivity contribution in [3.63, 3.8) is 0 Å². The van der Waals surface area contributed by atoms with Gasteiger partial charge in [-0.3, -0.25) is 9.48 Å². The Morgan fingerprint density at radius 2 is 2.26 bits per heavy atom. The van der Waals surface area contributed by atoms with E-state index in [2.05, 4.69) is 30.3 Å². The quantitative estimate of drug-likeness (QED) is 0.811. The maximum Gasteiger partial charge on any atom is 0.221 e. The number of carbonyl (C=O) groups excluding carboxylic acids is 1. The Hall–Kier alpha value is -1.84.